The molecule has 0 radical (unpaired) electrons. The van der Waals surface area contributed by atoms with Crippen molar-refractivity contribution in [3.8, 4) is 0 Å². The van der Waals surface area contributed by atoms with Crippen molar-refractivity contribution in [3.63, 3.8) is 0 Å². The summed E-state index contributed by atoms with van der Waals surface area (Å²) in [6, 6.07) is 3.30. The van der Waals surface area contributed by atoms with Gasteiger partial charge in [-0.15, -0.1) is 0 Å². The van der Waals surface area contributed by atoms with E-state index in [1.54, 1.807) is 0 Å². The average molecular weight is 246 g/mol. The average Bonchev–Trinajstić information content (AvgIpc) is 2.22. The van der Waals surface area contributed by atoms with Crippen LogP contribution in [0.5, 0.6) is 0 Å². The molecule has 1 saturated heterocycles. The van der Waals surface area contributed by atoms with Gasteiger partial charge in [-0.25, -0.2) is 0 Å². The summed E-state index contributed by atoms with van der Waals surface area (Å²) < 4.78 is 6.38. The predicted octanol–water partition coefficient (Wildman–Crippen LogP) is 2.29. The van der Waals surface area contributed by atoms with Crippen LogP contribution in [0.4, 0.5) is 0 Å². The zero-order valence-corrected chi connectivity index (χ0v) is 11.7. The molecule has 16 heavy (non-hydrogen) atoms. The lowest BCUT2D eigenvalue weighted by Crippen LogP contribution is -2.49. The van der Waals surface area contributed by atoms with Gasteiger partial charge in [0.05, 0.1) is 5.60 Å². The molecular formula is C12H26O3Si. The Morgan fingerprint density at radius 1 is 1.12 bits per heavy atom. The second-order valence-corrected chi connectivity index (χ2v) is 9.62. The molecule has 1 aliphatic rings. The molecule has 0 unspecified atom stereocenters. The molecule has 1 fully saturated rings. The monoisotopic (exact) mass is 246 g/mol. The lowest BCUT2D eigenvalue weighted by Gasteiger charge is -2.44. The van der Waals surface area contributed by atoms with Crippen LogP contribution in [-0.2, 0) is 4.43 Å². The van der Waals surface area contributed by atoms with Crippen molar-refractivity contribution in [1.29, 1.82) is 0 Å². The Hall–Kier alpha value is 0.0969. The van der Waals surface area contributed by atoms with E-state index in [2.05, 4.69) is 13.8 Å². The molecular weight excluding hydrogens is 220 g/mol. The van der Waals surface area contributed by atoms with E-state index in [9.17, 15) is 0 Å². The molecule has 0 saturated carbocycles. The second-order valence-electron chi connectivity index (χ2n) is 5.55. The summed E-state index contributed by atoms with van der Waals surface area (Å²) in [6.45, 7) is 4.87. The van der Waals surface area contributed by atoms with Gasteiger partial charge in [0, 0.05) is 13.2 Å². The maximum absolute atomic E-state index is 8.98. The quantitative estimate of drug-likeness (QED) is 0.707. The molecule has 0 aromatic rings. The summed E-state index contributed by atoms with van der Waals surface area (Å²) in [4.78, 5) is 0. The van der Waals surface area contributed by atoms with Crippen LogP contribution in [0.1, 0.15) is 39.5 Å². The third kappa shape index (κ3) is 4.16. The molecule has 0 aromatic heterocycles. The molecule has 0 spiro atoms. The fourth-order valence-corrected chi connectivity index (χ4v) is 7.56. The van der Waals surface area contributed by atoms with Crippen molar-refractivity contribution in [1.82, 2.24) is 0 Å². The Bertz CT molecular complexity index is 198. The fraction of sp³-hybridized carbons (Fsp3) is 1.00. The van der Waals surface area contributed by atoms with Crippen LogP contribution in [-0.4, -0.2) is 37.3 Å². The highest BCUT2D eigenvalue weighted by Crippen LogP contribution is 2.39. The normalized spacial score (nSPS) is 23.2. The number of hydrogen-bond acceptors (Lipinski definition) is 3. The first-order valence-corrected chi connectivity index (χ1v) is 8.98. The highest BCUT2D eigenvalue weighted by molar-refractivity contribution is 6.74. The van der Waals surface area contributed by atoms with Gasteiger partial charge in [0.15, 0.2) is 8.32 Å². The second kappa shape index (κ2) is 6.14. The van der Waals surface area contributed by atoms with Gasteiger partial charge >= 0.3 is 0 Å². The standard InChI is InChI=1S/C12H26O3Si/c1-12(2)6-3-9-16(15-12,10-4-7-13)11-5-8-14/h13-14H,3-11H2,1-2H3. The van der Waals surface area contributed by atoms with E-state index < -0.39 is 8.32 Å². The maximum Gasteiger partial charge on any atom is 0.193 e. The maximum atomic E-state index is 8.98. The predicted molar refractivity (Wildman–Crippen MR) is 68.0 cm³/mol. The van der Waals surface area contributed by atoms with E-state index in [0.29, 0.717) is 0 Å². The Morgan fingerprint density at radius 3 is 2.12 bits per heavy atom. The Balaban J connectivity index is 2.61. The van der Waals surface area contributed by atoms with Gasteiger partial charge < -0.3 is 14.6 Å². The topological polar surface area (TPSA) is 49.7 Å². The molecule has 1 aliphatic heterocycles. The SMILES string of the molecule is CC1(C)CCC[Si](CCCO)(CCCO)O1. The molecule has 0 aromatic carbocycles. The highest BCUT2D eigenvalue weighted by Gasteiger charge is 2.42. The summed E-state index contributed by atoms with van der Waals surface area (Å²) in [7, 11) is -1.68. The van der Waals surface area contributed by atoms with E-state index in [4.69, 9.17) is 14.6 Å². The van der Waals surface area contributed by atoms with E-state index in [0.717, 1.165) is 31.4 Å². The van der Waals surface area contributed by atoms with Crippen LogP contribution in [0.15, 0.2) is 0 Å². The highest BCUT2D eigenvalue weighted by atomic mass is 28.4. The minimum atomic E-state index is -1.68. The van der Waals surface area contributed by atoms with Gasteiger partial charge in [-0.3, -0.25) is 0 Å². The van der Waals surface area contributed by atoms with Gasteiger partial charge in [0.2, 0.25) is 0 Å². The van der Waals surface area contributed by atoms with E-state index >= 15 is 0 Å². The number of aliphatic hydroxyl groups is 2. The summed E-state index contributed by atoms with van der Waals surface area (Å²) in [5, 5.41) is 18.0. The third-order valence-electron chi connectivity index (χ3n) is 3.49. The van der Waals surface area contributed by atoms with Crippen LogP contribution < -0.4 is 0 Å². The lowest BCUT2D eigenvalue weighted by molar-refractivity contribution is 0.0660. The van der Waals surface area contributed by atoms with Gasteiger partial charge in [-0.2, -0.15) is 0 Å². The Labute approximate surface area is 100.0 Å². The molecule has 0 atom stereocenters. The van der Waals surface area contributed by atoms with Gasteiger partial charge in [0.1, 0.15) is 0 Å². The van der Waals surface area contributed by atoms with E-state index in [1.165, 1.54) is 12.5 Å². The first kappa shape index (κ1) is 14.2. The van der Waals surface area contributed by atoms with Crippen LogP contribution in [0.3, 0.4) is 0 Å². The minimum absolute atomic E-state index is 0.00931. The molecule has 4 heteroatoms. The number of rotatable bonds is 6. The van der Waals surface area contributed by atoms with Crippen molar-refractivity contribution in [2.24, 2.45) is 0 Å². The smallest absolute Gasteiger partial charge is 0.193 e. The van der Waals surface area contributed by atoms with Gasteiger partial charge in [0.25, 0.3) is 0 Å². The third-order valence-corrected chi connectivity index (χ3v) is 8.26. The van der Waals surface area contributed by atoms with Crippen LogP contribution in [0.25, 0.3) is 0 Å². The largest absolute Gasteiger partial charge is 0.412 e. The molecule has 0 aliphatic carbocycles. The minimum Gasteiger partial charge on any atom is -0.412 e. The van der Waals surface area contributed by atoms with E-state index in [1.807, 2.05) is 0 Å². The zero-order valence-electron chi connectivity index (χ0n) is 10.7. The molecule has 2 N–H and O–H groups in total. The summed E-state index contributed by atoms with van der Waals surface area (Å²) in [5.74, 6) is 0. The summed E-state index contributed by atoms with van der Waals surface area (Å²) in [6.07, 6.45) is 4.09. The molecule has 1 rings (SSSR count). The molecule has 0 bridgehead atoms. The molecule has 96 valence electrons. The Kier molecular flexibility index (Phi) is 5.44. The van der Waals surface area contributed by atoms with E-state index in [-0.39, 0.29) is 18.8 Å². The van der Waals surface area contributed by atoms with Crippen molar-refractivity contribution in [2.45, 2.75) is 63.3 Å². The summed E-state index contributed by atoms with van der Waals surface area (Å²) in [5.41, 5.74) is 0.00931. The van der Waals surface area contributed by atoms with Gasteiger partial charge in [-0.05, 0) is 51.2 Å². The van der Waals surface area contributed by atoms with Crippen LogP contribution >= 0.6 is 0 Å². The van der Waals surface area contributed by atoms with Crippen LogP contribution in [0.2, 0.25) is 18.1 Å². The summed E-state index contributed by atoms with van der Waals surface area (Å²) >= 11 is 0. The zero-order chi connectivity index (χ0) is 12.1. The first-order valence-electron chi connectivity index (χ1n) is 6.45. The first-order chi connectivity index (χ1) is 7.54. The fourth-order valence-electron chi connectivity index (χ4n) is 2.80. The van der Waals surface area contributed by atoms with Crippen molar-refractivity contribution in [3.05, 3.63) is 0 Å². The van der Waals surface area contributed by atoms with Crippen molar-refractivity contribution in [2.75, 3.05) is 13.2 Å². The van der Waals surface area contributed by atoms with Gasteiger partial charge in [-0.1, -0.05) is 6.42 Å². The molecule has 0 amide bonds. The molecule has 3 nitrogen and oxygen atoms in total. The van der Waals surface area contributed by atoms with Crippen molar-refractivity contribution >= 4 is 8.32 Å². The Morgan fingerprint density at radius 2 is 1.69 bits per heavy atom. The molecule has 1 heterocycles. The van der Waals surface area contributed by atoms with Crippen LogP contribution in [0, 0.1) is 0 Å². The number of aliphatic hydroxyl groups excluding tert-OH is 2. The lowest BCUT2D eigenvalue weighted by atomic mass is 10.0. The van der Waals surface area contributed by atoms with Crippen molar-refractivity contribution < 1.29 is 14.6 Å². The number of hydrogen-bond donors (Lipinski definition) is 2.